The molecule has 2 rings (SSSR count). The number of rotatable bonds is 6. The molecular weight excluding hydrogens is 338 g/mol. The number of carbonyl (C=O) groups is 1. The molecule has 25 heavy (non-hydrogen) atoms. The van der Waals surface area contributed by atoms with E-state index in [2.05, 4.69) is 5.32 Å². The van der Waals surface area contributed by atoms with Gasteiger partial charge in [0.2, 0.25) is 5.91 Å². The topological polar surface area (TPSA) is 47.6 Å². The molecule has 1 N–H and O–H groups in total. The molecule has 2 aromatic carbocycles. The van der Waals surface area contributed by atoms with E-state index in [1.54, 1.807) is 13.2 Å². The highest BCUT2D eigenvalue weighted by Crippen LogP contribution is 2.29. The number of nitrogens with one attached hydrogen (secondary N) is 1. The summed E-state index contributed by atoms with van der Waals surface area (Å²) in [7, 11) is 1.58. The Labute approximate surface area is 153 Å². The molecule has 0 aliphatic heterocycles. The van der Waals surface area contributed by atoms with E-state index < -0.39 is 0 Å². The van der Waals surface area contributed by atoms with E-state index in [0.717, 1.165) is 16.7 Å². The predicted molar refractivity (Wildman–Crippen MR) is 103 cm³/mol. The highest BCUT2D eigenvalue weighted by Gasteiger charge is 2.08. The van der Waals surface area contributed by atoms with Crippen LogP contribution in [0.1, 0.15) is 23.6 Å². The van der Waals surface area contributed by atoms with E-state index in [9.17, 15) is 4.79 Å². The molecular formula is C20H22ClNO3. The van der Waals surface area contributed by atoms with E-state index in [-0.39, 0.29) is 5.91 Å². The minimum absolute atomic E-state index is 0.248. The first-order valence-electron chi connectivity index (χ1n) is 8.01. The molecule has 0 bridgehead atoms. The van der Waals surface area contributed by atoms with Crippen LogP contribution < -0.4 is 14.8 Å². The van der Waals surface area contributed by atoms with Crippen LogP contribution in [0.25, 0.3) is 6.08 Å². The van der Waals surface area contributed by atoms with Crippen molar-refractivity contribution in [3.63, 3.8) is 0 Å². The monoisotopic (exact) mass is 359 g/mol. The van der Waals surface area contributed by atoms with Crippen LogP contribution in [-0.2, 0) is 4.79 Å². The molecule has 0 unspecified atom stereocenters. The van der Waals surface area contributed by atoms with Gasteiger partial charge >= 0.3 is 0 Å². The second-order valence-electron chi connectivity index (χ2n) is 5.60. The number of halogens is 1. The fraction of sp³-hybridized carbons (Fsp3) is 0.250. The second kappa shape index (κ2) is 8.58. The van der Waals surface area contributed by atoms with Gasteiger partial charge in [-0.3, -0.25) is 4.79 Å². The van der Waals surface area contributed by atoms with Crippen molar-refractivity contribution in [3.8, 4) is 11.5 Å². The van der Waals surface area contributed by atoms with Crippen LogP contribution in [0.2, 0.25) is 5.02 Å². The van der Waals surface area contributed by atoms with Gasteiger partial charge in [-0.15, -0.1) is 0 Å². The number of methoxy groups -OCH3 is 1. The number of hydrogen-bond acceptors (Lipinski definition) is 3. The van der Waals surface area contributed by atoms with Crippen LogP contribution in [0.15, 0.2) is 36.4 Å². The Bertz CT molecular complexity index is 777. The molecule has 132 valence electrons. The van der Waals surface area contributed by atoms with Crippen LogP contribution in [-0.4, -0.2) is 19.6 Å². The maximum atomic E-state index is 12.2. The van der Waals surface area contributed by atoms with Gasteiger partial charge in [-0.1, -0.05) is 23.7 Å². The van der Waals surface area contributed by atoms with Crippen molar-refractivity contribution >= 4 is 29.3 Å². The summed E-state index contributed by atoms with van der Waals surface area (Å²) >= 11 is 6.21. The summed E-state index contributed by atoms with van der Waals surface area (Å²) in [6.45, 7) is 6.35. The molecule has 0 radical (unpaired) electrons. The maximum absolute atomic E-state index is 12.2. The lowest BCUT2D eigenvalue weighted by Gasteiger charge is -2.10. The summed E-state index contributed by atoms with van der Waals surface area (Å²) in [5, 5.41) is 3.35. The van der Waals surface area contributed by atoms with Crippen molar-refractivity contribution in [3.05, 3.63) is 58.1 Å². The molecule has 1 amide bonds. The predicted octanol–water partition coefficient (Wildman–Crippen LogP) is 5.02. The Hall–Kier alpha value is -2.46. The lowest BCUT2D eigenvalue weighted by Crippen LogP contribution is -2.09. The van der Waals surface area contributed by atoms with Gasteiger partial charge in [-0.25, -0.2) is 0 Å². The first kappa shape index (κ1) is 18.9. The lowest BCUT2D eigenvalue weighted by molar-refractivity contribution is -0.111. The maximum Gasteiger partial charge on any atom is 0.248 e. The number of aryl methyl sites for hydroxylation is 2. The van der Waals surface area contributed by atoms with Crippen LogP contribution in [0.5, 0.6) is 11.5 Å². The van der Waals surface area contributed by atoms with Gasteiger partial charge in [0.1, 0.15) is 0 Å². The lowest BCUT2D eigenvalue weighted by atomic mass is 10.1. The molecule has 2 aromatic rings. The van der Waals surface area contributed by atoms with Crippen LogP contribution >= 0.6 is 11.6 Å². The summed E-state index contributed by atoms with van der Waals surface area (Å²) in [6.07, 6.45) is 3.18. The van der Waals surface area contributed by atoms with Gasteiger partial charge < -0.3 is 14.8 Å². The van der Waals surface area contributed by atoms with Crippen LogP contribution in [0.3, 0.4) is 0 Å². The highest BCUT2D eigenvalue weighted by molar-refractivity contribution is 6.34. The van der Waals surface area contributed by atoms with Gasteiger partial charge in [0.05, 0.1) is 24.4 Å². The van der Waals surface area contributed by atoms with E-state index in [4.69, 9.17) is 21.1 Å². The molecule has 4 nitrogen and oxygen atoms in total. The van der Waals surface area contributed by atoms with Gasteiger partial charge in [0.25, 0.3) is 0 Å². The molecule has 0 atom stereocenters. The zero-order valence-corrected chi connectivity index (χ0v) is 15.6. The van der Waals surface area contributed by atoms with Gasteiger partial charge in [0.15, 0.2) is 11.5 Å². The molecule has 0 aliphatic rings. The standard InChI is InChI=1S/C20H22ClNO3/c1-5-25-17-8-6-15(12-18(17)24-4)7-9-19(23)22-20-14(3)10-13(2)11-16(20)21/h6-12H,5H2,1-4H3,(H,22,23)/b9-7+. The third-order valence-corrected chi connectivity index (χ3v) is 3.89. The zero-order valence-electron chi connectivity index (χ0n) is 14.9. The SMILES string of the molecule is CCOc1ccc(/C=C/C(=O)Nc2c(C)cc(C)cc2Cl)cc1OC. The quantitative estimate of drug-likeness (QED) is 0.737. The second-order valence-corrected chi connectivity index (χ2v) is 6.01. The highest BCUT2D eigenvalue weighted by atomic mass is 35.5. The van der Waals surface area contributed by atoms with E-state index >= 15 is 0 Å². The third kappa shape index (κ3) is 5.00. The molecule has 0 heterocycles. The van der Waals surface area contributed by atoms with Crippen molar-refractivity contribution in [2.45, 2.75) is 20.8 Å². The molecule has 0 aliphatic carbocycles. The minimum atomic E-state index is -0.248. The number of anilines is 1. The third-order valence-electron chi connectivity index (χ3n) is 3.59. The Balaban J connectivity index is 2.13. The largest absolute Gasteiger partial charge is 0.493 e. The summed E-state index contributed by atoms with van der Waals surface area (Å²) in [6, 6.07) is 9.30. The van der Waals surface area contributed by atoms with E-state index in [0.29, 0.717) is 28.8 Å². The fourth-order valence-electron chi connectivity index (χ4n) is 2.47. The summed E-state index contributed by atoms with van der Waals surface area (Å²) < 4.78 is 10.8. The van der Waals surface area contributed by atoms with Crippen LogP contribution in [0, 0.1) is 13.8 Å². The van der Waals surface area contributed by atoms with E-state index in [1.165, 1.54) is 6.08 Å². The average Bonchev–Trinajstić information content (AvgIpc) is 2.57. The number of benzene rings is 2. The van der Waals surface area contributed by atoms with Crippen molar-refractivity contribution in [1.82, 2.24) is 0 Å². The summed E-state index contributed by atoms with van der Waals surface area (Å²) in [5.41, 5.74) is 3.44. The average molecular weight is 360 g/mol. The first-order valence-corrected chi connectivity index (χ1v) is 8.39. The molecule has 5 heteroatoms. The van der Waals surface area contributed by atoms with Crippen LogP contribution in [0.4, 0.5) is 5.69 Å². The molecule has 0 aromatic heterocycles. The van der Waals surface area contributed by atoms with Crippen molar-refractivity contribution in [1.29, 1.82) is 0 Å². The smallest absolute Gasteiger partial charge is 0.248 e. The molecule has 0 saturated heterocycles. The summed E-state index contributed by atoms with van der Waals surface area (Å²) in [5.74, 6) is 1.05. The normalized spacial score (nSPS) is 10.8. The van der Waals surface area contributed by atoms with Crippen molar-refractivity contribution in [2.24, 2.45) is 0 Å². The summed E-state index contributed by atoms with van der Waals surface area (Å²) in [4.78, 5) is 12.2. The first-order chi connectivity index (χ1) is 11.9. The molecule has 0 fully saturated rings. The van der Waals surface area contributed by atoms with E-state index in [1.807, 2.05) is 51.1 Å². The minimum Gasteiger partial charge on any atom is -0.493 e. The number of hydrogen-bond donors (Lipinski definition) is 1. The van der Waals surface area contributed by atoms with Crippen molar-refractivity contribution in [2.75, 3.05) is 19.0 Å². The van der Waals surface area contributed by atoms with Gasteiger partial charge in [-0.2, -0.15) is 0 Å². The van der Waals surface area contributed by atoms with Gasteiger partial charge in [0, 0.05) is 6.08 Å². The Kier molecular flexibility index (Phi) is 6.48. The number of amides is 1. The zero-order chi connectivity index (χ0) is 18.4. The van der Waals surface area contributed by atoms with Gasteiger partial charge in [-0.05, 0) is 61.7 Å². The Morgan fingerprint density at radius 2 is 1.96 bits per heavy atom. The fourth-order valence-corrected chi connectivity index (χ4v) is 2.84. The Morgan fingerprint density at radius 1 is 1.20 bits per heavy atom. The Morgan fingerprint density at radius 3 is 2.60 bits per heavy atom. The molecule has 0 saturated carbocycles. The van der Waals surface area contributed by atoms with Crippen molar-refractivity contribution < 1.29 is 14.3 Å². The number of carbonyl (C=O) groups excluding carboxylic acids is 1. The number of ether oxygens (including phenoxy) is 2. The molecule has 0 spiro atoms.